The first kappa shape index (κ1) is 8.96. The SMILES string of the molecule is O=C(O)Cc1nc2cccc(Cl)n2n1. The summed E-state index contributed by atoms with van der Waals surface area (Å²) in [6.07, 6.45) is -0.196. The summed E-state index contributed by atoms with van der Waals surface area (Å²) in [4.78, 5) is 14.4. The van der Waals surface area contributed by atoms with Gasteiger partial charge in [0.1, 0.15) is 11.6 Å². The smallest absolute Gasteiger partial charge is 0.311 e. The molecule has 0 saturated heterocycles. The van der Waals surface area contributed by atoms with Crippen molar-refractivity contribution in [1.82, 2.24) is 14.6 Å². The number of carboxylic acids is 1. The molecule has 6 heteroatoms. The zero-order chi connectivity index (χ0) is 10.1. The minimum Gasteiger partial charge on any atom is -0.481 e. The molecule has 2 aromatic rings. The van der Waals surface area contributed by atoms with Crippen LogP contribution >= 0.6 is 11.6 Å². The second kappa shape index (κ2) is 3.26. The number of carbonyl (C=O) groups is 1. The fraction of sp³-hybridized carbons (Fsp3) is 0.125. The lowest BCUT2D eigenvalue weighted by atomic mass is 10.4. The number of aliphatic carboxylic acids is 1. The van der Waals surface area contributed by atoms with Gasteiger partial charge in [0.15, 0.2) is 11.5 Å². The quantitative estimate of drug-likeness (QED) is 0.753. The predicted molar refractivity (Wildman–Crippen MR) is 49.3 cm³/mol. The number of hydrogen-bond acceptors (Lipinski definition) is 3. The lowest BCUT2D eigenvalue weighted by Gasteiger charge is -1.91. The summed E-state index contributed by atoms with van der Waals surface area (Å²) in [6, 6.07) is 5.11. The third-order valence-electron chi connectivity index (χ3n) is 1.67. The van der Waals surface area contributed by atoms with Crippen molar-refractivity contribution in [1.29, 1.82) is 0 Å². The fourth-order valence-corrected chi connectivity index (χ4v) is 1.33. The van der Waals surface area contributed by atoms with Crippen LogP contribution < -0.4 is 0 Å². The number of pyridine rings is 1. The molecule has 2 rings (SSSR count). The summed E-state index contributed by atoms with van der Waals surface area (Å²) < 4.78 is 1.40. The van der Waals surface area contributed by atoms with Gasteiger partial charge in [0, 0.05) is 0 Å². The zero-order valence-electron chi connectivity index (χ0n) is 7.01. The maximum Gasteiger partial charge on any atom is 0.311 e. The molecule has 2 aromatic heterocycles. The second-order valence-corrected chi connectivity index (χ2v) is 3.10. The van der Waals surface area contributed by atoms with Crippen LogP contribution in [0.3, 0.4) is 0 Å². The Morgan fingerprint density at radius 1 is 1.57 bits per heavy atom. The van der Waals surface area contributed by atoms with E-state index in [1.807, 2.05) is 0 Å². The highest BCUT2D eigenvalue weighted by molar-refractivity contribution is 6.29. The minimum atomic E-state index is -0.961. The highest BCUT2D eigenvalue weighted by atomic mass is 35.5. The van der Waals surface area contributed by atoms with Gasteiger partial charge in [-0.25, -0.2) is 9.50 Å². The Kier molecular flexibility index (Phi) is 2.09. The molecule has 0 aliphatic carbocycles. The molecule has 72 valence electrons. The molecule has 0 saturated carbocycles. The lowest BCUT2D eigenvalue weighted by Crippen LogP contribution is -2.02. The Hall–Kier alpha value is -1.62. The first-order valence-corrected chi connectivity index (χ1v) is 4.26. The normalized spacial score (nSPS) is 10.6. The zero-order valence-corrected chi connectivity index (χ0v) is 7.77. The van der Waals surface area contributed by atoms with Gasteiger partial charge >= 0.3 is 5.97 Å². The van der Waals surface area contributed by atoms with Crippen LogP contribution in [0.5, 0.6) is 0 Å². The van der Waals surface area contributed by atoms with E-state index in [1.165, 1.54) is 4.52 Å². The van der Waals surface area contributed by atoms with Crippen LogP contribution in [0.15, 0.2) is 18.2 Å². The monoisotopic (exact) mass is 211 g/mol. The Balaban J connectivity index is 2.51. The van der Waals surface area contributed by atoms with E-state index in [0.29, 0.717) is 10.8 Å². The molecule has 0 aliphatic rings. The van der Waals surface area contributed by atoms with Crippen LogP contribution in [-0.4, -0.2) is 25.7 Å². The number of carboxylic acid groups (broad SMARTS) is 1. The van der Waals surface area contributed by atoms with Crippen LogP contribution in [0.4, 0.5) is 0 Å². The number of aromatic nitrogens is 3. The van der Waals surface area contributed by atoms with Crippen molar-refractivity contribution in [2.75, 3.05) is 0 Å². The predicted octanol–water partition coefficient (Wildman–Crippen LogP) is 1.01. The third-order valence-corrected chi connectivity index (χ3v) is 1.95. The Morgan fingerprint density at radius 3 is 3.00 bits per heavy atom. The molecule has 0 atom stereocenters. The van der Waals surface area contributed by atoms with Crippen molar-refractivity contribution in [3.8, 4) is 0 Å². The Morgan fingerprint density at radius 2 is 2.36 bits per heavy atom. The molecule has 0 fully saturated rings. The van der Waals surface area contributed by atoms with E-state index in [9.17, 15) is 4.79 Å². The van der Waals surface area contributed by atoms with Crippen molar-refractivity contribution in [3.63, 3.8) is 0 Å². The highest BCUT2D eigenvalue weighted by Gasteiger charge is 2.08. The van der Waals surface area contributed by atoms with Gasteiger partial charge in [-0.15, -0.1) is 5.10 Å². The molecule has 0 amide bonds. The largest absolute Gasteiger partial charge is 0.481 e. The summed E-state index contributed by atoms with van der Waals surface area (Å²) in [5.74, 6) is -0.706. The van der Waals surface area contributed by atoms with Gasteiger partial charge in [-0.2, -0.15) is 0 Å². The topological polar surface area (TPSA) is 67.5 Å². The van der Waals surface area contributed by atoms with Crippen molar-refractivity contribution < 1.29 is 9.90 Å². The second-order valence-electron chi connectivity index (χ2n) is 2.72. The van der Waals surface area contributed by atoms with Crippen LogP contribution in [-0.2, 0) is 11.2 Å². The van der Waals surface area contributed by atoms with Crippen LogP contribution in [0.1, 0.15) is 5.82 Å². The van der Waals surface area contributed by atoms with E-state index in [4.69, 9.17) is 16.7 Å². The van der Waals surface area contributed by atoms with Gasteiger partial charge in [0.2, 0.25) is 0 Å². The molecule has 0 aliphatic heterocycles. The molecule has 0 aromatic carbocycles. The van der Waals surface area contributed by atoms with Crippen LogP contribution in [0, 0.1) is 0 Å². The molecule has 0 spiro atoms. The van der Waals surface area contributed by atoms with Gasteiger partial charge in [0.05, 0.1) is 0 Å². The fourth-order valence-electron chi connectivity index (χ4n) is 1.13. The molecule has 0 bridgehead atoms. The number of fused-ring (bicyclic) bond motifs is 1. The molecule has 0 unspecified atom stereocenters. The Labute approximate surface area is 83.9 Å². The van der Waals surface area contributed by atoms with Crippen molar-refractivity contribution >= 4 is 23.2 Å². The summed E-state index contributed by atoms with van der Waals surface area (Å²) in [7, 11) is 0. The average molecular weight is 212 g/mol. The summed E-state index contributed by atoms with van der Waals surface area (Å²) in [5, 5.41) is 12.9. The highest BCUT2D eigenvalue weighted by Crippen LogP contribution is 2.10. The first-order valence-electron chi connectivity index (χ1n) is 3.89. The van der Waals surface area contributed by atoms with Crippen molar-refractivity contribution in [2.45, 2.75) is 6.42 Å². The van der Waals surface area contributed by atoms with E-state index in [2.05, 4.69) is 10.1 Å². The van der Waals surface area contributed by atoms with Crippen molar-refractivity contribution in [2.24, 2.45) is 0 Å². The molecule has 2 heterocycles. The molecular weight excluding hydrogens is 206 g/mol. The number of halogens is 1. The number of nitrogens with zero attached hydrogens (tertiary/aromatic N) is 3. The molecule has 0 radical (unpaired) electrons. The molecule has 1 N–H and O–H groups in total. The average Bonchev–Trinajstić information content (AvgIpc) is 2.47. The third kappa shape index (κ3) is 1.54. The molecular formula is C8H6ClN3O2. The standard InChI is InChI=1S/C8H6ClN3O2/c9-5-2-1-3-7-10-6(4-8(13)14)11-12(5)7/h1-3H,4H2,(H,13,14). The Bertz CT molecular complexity index is 494. The maximum atomic E-state index is 10.4. The molecule has 5 nitrogen and oxygen atoms in total. The van der Waals surface area contributed by atoms with Gasteiger partial charge in [-0.3, -0.25) is 4.79 Å². The summed E-state index contributed by atoms with van der Waals surface area (Å²) in [6.45, 7) is 0. The van der Waals surface area contributed by atoms with E-state index in [-0.39, 0.29) is 12.2 Å². The molecule has 14 heavy (non-hydrogen) atoms. The lowest BCUT2D eigenvalue weighted by molar-refractivity contribution is -0.136. The van der Waals surface area contributed by atoms with Gasteiger partial charge in [-0.05, 0) is 12.1 Å². The van der Waals surface area contributed by atoms with E-state index < -0.39 is 5.97 Å². The van der Waals surface area contributed by atoms with E-state index >= 15 is 0 Å². The maximum absolute atomic E-state index is 10.4. The van der Waals surface area contributed by atoms with Gasteiger partial charge < -0.3 is 5.11 Å². The van der Waals surface area contributed by atoms with Crippen LogP contribution in [0.25, 0.3) is 5.65 Å². The van der Waals surface area contributed by atoms with E-state index in [1.54, 1.807) is 18.2 Å². The van der Waals surface area contributed by atoms with Crippen molar-refractivity contribution in [3.05, 3.63) is 29.2 Å². The number of hydrogen-bond donors (Lipinski definition) is 1. The van der Waals surface area contributed by atoms with Gasteiger partial charge in [0.25, 0.3) is 0 Å². The van der Waals surface area contributed by atoms with Gasteiger partial charge in [-0.1, -0.05) is 17.7 Å². The minimum absolute atomic E-state index is 0.196. The van der Waals surface area contributed by atoms with E-state index in [0.717, 1.165) is 0 Å². The first-order chi connectivity index (χ1) is 6.66. The summed E-state index contributed by atoms with van der Waals surface area (Å²) >= 11 is 5.82. The summed E-state index contributed by atoms with van der Waals surface area (Å²) in [5.41, 5.74) is 0.550. The number of rotatable bonds is 2. The van der Waals surface area contributed by atoms with Crippen LogP contribution in [0.2, 0.25) is 5.15 Å².